The molecule has 0 aliphatic rings. The van der Waals surface area contributed by atoms with Crippen molar-refractivity contribution in [1.82, 2.24) is 0 Å². The zero-order valence-corrected chi connectivity index (χ0v) is 11.3. The van der Waals surface area contributed by atoms with Crippen molar-refractivity contribution in [2.75, 3.05) is 11.1 Å². The Morgan fingerprint density at radius 2 is 1.94 bits per heavy atom. The van der Waals surface area contributed by atoms with E-state index in [9.17, 15) is 0 Å². The van der Waals surface area contributed by atoms with E-state index in [-0.39, 0.29) is 0 Å². The molecule has 1 heterocycles. The number of benzene rings is 1. The lowest BCUT2D eigenvalue weighted by Gasteiger charge is -2.15. The van der Waals surface area contributed by atoms with Crippen molar-refractivity contribution in [3.63, 3.8) is 0 Å². The summed E-state index contributed by atoms with van der Waals surface area (Å²) in [5.41, 5.74) is 9.00. The van der Waals surface area contributed by atoms with Gasteiger partial charge in [-0.15, -0.1) is 11.3 Å². The summed E-state index contributed by atoms with van der Waals surface area (Å²) in [4.78, 5) is 2.67. The minimum atomic E-state index is 0.290. The second-order valence-electron chi connectivity index (χ2n) is 4.41. The Balaban J connectivity index is 2.15. The van der Waals surface area contributed by atoms with E-state index in [1.54, 1.807) is 0 Å². The largest absolute Gasteiger partial charge is 0.397 e. The number of nitrogen functional groups attached to an aromatic ring is 1. The van der Waals surface area contributed by atoms with Crippen LogP contribution in [0.15, 0.2) is 30.3 Å². The highest BCUT2D eigenvalue weighted by Crippen LogP contribution is 2.28. The Bertz CT molecular complexity index is 517. The summed E-state index contributed by atoms with van der Waals surface area (Å²) in [5, 5.41) is 3.45. The molecule has 1 unspecified atom stereocenters. The molecule has 0 spiro atoms. The molecule has 17 heavy (non-hydrogen) atoms. The first kappa shape index (κ1) is 12.0. The van der Waals surface area contributed by atoms with Crippen molar-refractivity contribution in [3.8, 4) is 0 Å². The minimum absolute atomic E-state index is 0.290. The Morgan fingerprint density at radius 3 is 2.53 bits per heavy atom. The van der Waals surface area contributed by atoms with Gasteiger partial charge in [-0.3, -0.25) is 0 Å². The molecule has 2 aromatic rings. The maximum absolute atomic E-state index is 5.99. The third-order valence-electron chi connectivity index (χ3n) is 2.77. The second-order valence-corrected chi connectivity index (χ2v) is 5.72. The number of hydrogen-bond acceptors (Lipinski definition) is 3. The highest BCUT2D eigenvalue weighted by atomic mass is 32.1. The highest BCUT2D eigenvalue weighted by Gasteiger charge is 2.08. The predicted octanol–water partition coefficient (Wildman–Crippen LogP) is 4.12. The maximum Gasteiger partial charge on any atom is 0.0579 e. The average Bonchev–Trinajstić information content (AvgIpc) is 2.69. The molecule has 0 fully saturated rings. The first-order valence-corrected chi connectivity index (χ1v) is 6.57. The van der Waals surface area contributed by atoms with Crippen molar-refractivity contribution < 1.29 is 0 Å². The molecule has 0 aliphatic carbocycles. The van der Waals surface area contributed by atoms with Crippen LogP contribution in [0, 0.1) is 13.8 Å². The van der Waals surface area contributed by atoms with Crippen molar-refractivity contribution >= 4 is 22.7 Å². The quantitative estimate of drug-likeness (QED) is 0.799. The number of rotatable bonds is 3. The lowest BCUT2D eigenvalue weighted by molar-refractivity contribution is 0.909. The fourth-order valence-electron chi connectivity index (χ4n) is 1.80. The molecular formula is C14H18N2S. The summed E-state index contributed by atoms with van der Waals surface area (Å²) in [6.45, 7) is 6.33. The number of nitrogens with two attached hydrogens (primary N) is 1. The zero-order valence-electron chi connectivity index (χ0n) is 10.4. The molecule has 90 valence electrons. The number of nitrogens with one attached hydrogen (secondary N) is 1. The summed E-state index contributed by atoms with van der Waals surface area (Å²) in [5.74, 6) is 0. The Morgan fingerprint density at radius 1 is 1.18 bits per heavy atom. The van der Waals surface area contributed by atoms with Crippen molar-refractivity contribution in [3.05, 3.63) is 45.6 Å². The molecule has 2 rings (SSSR count). The summed E-state index contributed by atoms with van der Waals surface area (Å²) in [6, 6.07) is 10.7. The van der Waals surface area contributed by atoms with Crippen LogP contribution in [0.5, 0.6) is 0 Å². The molecule has 0 saturated heterocycles. The molecule has 0 bridgehead atoms. The number of hydrogen-bond donors (Lipinski definition) is 2. The first-order chi connectivity index (χ1) is 8.06. The summed E-state index contributed by atoms with van der Waals surface area (Å²) in [6.07, 6.45) is 0. The van der Waals surface area contributed by atoms with Crippen LogP contribution >= 0.6 is 11.3 Å². The molecule has 0 radical (unpaired) electrons. The normalized spacial score (nSPS) is 12.4. The number of thiophene rings is 1. The van der Waals surface area contributed by atoms with Gasteiger partial charge < -0.3 is 11.1 Å². The highest BCUT2D eigenvalue weighted by molar-refractivity contribution is 7.12. The summed E-state index contributed by atoms with van der Waals surface area (Å²) in [7, 11) is 0. The molecule has 0 saturated carbocycles. The lowest BCUT2D eigenvalue weighted by Crippen LogP contribution is -2.07. The minimum Gasteiger partial charge on any atom is -0.397 e. The fourth-order valence-corrected chi connectivity index (χ4v) is 2.68. The number of aryl methyl sites for hydroxylation is 2. The predicted molar refractivity (Wildman–Crippen MR) is 76.7 cm³/mol. The van der Waals surface area contributed by atoms with E-state index in [0.29, 0.717) is 6.04 Å². The van der Waals surface area contributed by atoms with Crippen LogP contribution < -0.4 is 11.1 Å². The third kappa shape index (κ3) is 2.80. The SMILES string of the molecule is Cc1ccc(NC(C)c2ccc(C)s2)c(N)c1. The van der Waals surface area contributed by atoms with E-state index in [1.165, 1.54) is 15.3 Å². The van der Waals surface area contributed by atoms with Crippen LogP contribution in [0.3, 0.4) is 0 Å². The van der Waals surface area contributed by atoms with E-state index in [0.717, 1.165) is 11.4 Å². The van der Waals surface area contributed by atoms with E-state index in [1.807, 2.05) is 30.4 Å². The molecule has 1 aromatic carbocycles. The molecule has 3 heteroatoms. The van der Waals surface area contributed by atoms with Gasteiger partial charge in [0.15, 0.2) is 0 Å². The van der Waals surface area contributed by atoms with Crippen LogP contribution in [0.2, 0.25) is 0 Å². The van der Waals surface area contributed by atoms with Gasteiger partial charge in [-0.25, -0.2) is 0 Å². The molecule has 1 atom stereocenters. The molecule has 1 aromatic heterocycles. The summed E-state index contributed by atoms with van der Waals surface area (Å²) < 4.78 is 0. The standard InChI is InChI=1S/C14H18N2S/c1-9-4-6-13(12(15)8-9)16-11(3)14-7-5-10(2)17-14/h4-8,11,16H,15H2,1-3H3. The van der Waals surface area contributed by atoms with Gasteiger partial charge in [0.05, 0.1) is 17.4 Å². The van der Waals surface area contributed by atoms with Gasteiger partial charge in [0, 0.05) is 9.75 Å². The van der Waals surface area contributed by atoms with Gasteiger partial charge in [0.1, 0.15) is 0 Å². The van der Waals surface area contributed by atoms with E-state index >= 15 is 0 Å². The van der Waals surface area contributed by atoms with Crippen molar-refractivity contribution in [2.24, 2.45) is 0 Å². The average molecular weight is 246 g/mol. The molecule has 0 amide bonds. The van der Waals surface area contributed by atoms with Crippen LogP contribution in [0.25, 0.3) is 0 Å². The maximum atomic E-state index is 5.99. The molecular weight excluding hydrogens is 228 g/mol. The Kier molecular flexibility index (Phi) is 3.38. The second kappa shape index (κ2) is 4.80. The van der Waals surface area contributed by atoms with Gasteiger partial charge in [-0.2, -0.15) is 0 Å². The van der Waals surface area contributed by atoms with Crippen LogP contribution in [-0.4, -0.2) is 0 Å². The van der Waals surface area contributed by atoms with Gasteiger partial charge in [-0.05, 0) is 50.6 Å². The van der Waals surface area contributed by atoms with Gasteiger partial charge in [0.2, 0.25) is 0 Å². The smallest absolute Gasteiger partial charge is 0.0579 e. The number of anilines is 2. The topological polar surface area (TPSA) is 38.0 Å². The first-order valence-electron chi connectivity index (χ1n) is 5.75. The van der Waals surface area contributed by atoms with Gasteiger partial charge in [0.25, 0.3) is 0 Å². The van der Waals surface area contributed by atoms with Gasteiger partial charge in [-0.1, -0.05) is 6.07 Å². The van der Waals surface area contributed by atoms with Crippen LogP contribution in [0.4, 0.5) is 11.4 Å². The monoisotopic (exact) mass is 246 g/mol. The van der Waals surface area contributed by atoms with Crippen LogP contribution in [-0.2, 0) is 0 Å². The van der Waals surface area contributed by atoms with Gasteiger partial charge >= 0.3 is 0 Å². The summed E-state index contributed by atoms with van der Waals surface area (Å²) >= 11 is 1.82. The van der Waals surface area contributed by atoms with E-state index in [4.69, 9.17) is 5.73 Å². The third-order valence-corrected chi connectivity index (χ3v) is 3.95. The lowest BCUT2D eigenvalue weighted by atomic mass is 10.1. The molecule has 0 aliphatic heterocycles. The molecule has 2 nitrogen and oxygen atoms in total. The van der Waals surface area contributed by atoms with E-state index < -0.39 is 0 Å². The Labute approximate surface area is 106 Å². The van der Waals surface area contributed by atoms with Crippen molar-refractivity contribution in [1.29, 1.82) is 0 Å². The zero-order chi connectivity index (χ0) is 12.4. The fraction of sp³-hybridized carbons (Fsp3) is 0.286. The molecule has 3 N–H and O–H groups in total. The Hall–Kier alpha value is -1.48. The van der Waals surface area contributed by atoms with Crippen molar-refractivity contribution in [2.45, 2.75) is 26.8 Å². The van der Waals surface area contributed by atoms with E-state index in [2.05, 4.69) is 37.4 Å². The van der Waals surface area contributed by atoms with Crippen LogP contribution in [0.1, 0.15) is 28.3 Å².